The van der Waals surface area contributed by atoms with Crippen molar-refractivity contribution in [2.24, 2.45) is 0 Å². The number of nitrogens with zero attached hydrogens (tertiary/aromatic N) is 3. The standard InChI is InChI=1S/C22H27N3O2/c1-5-11-24(12-6-2)22(26)20-15-18(21-8-7-13-27-21)23-25(20)19-10-9-16(3)14-17(19)4/h7-10,13-15H,5-6,11-12H2,1-4H3. The number of aryl methyl sites for hydroxylation is 2. The second-order valence-electron chi connectivity index (χ2n) is 6.89. The van der Waals surface area contributed by atoms with Gasteiger partial charge in [0.15, 0.2) is 5.76 Å². The molecule has 27 heavy (non-hydrogen) atoms. The van der Waals surface area contributed by atoms with Gasteiger partial charge in [-0.1, -0.05) is 31.5 Å². The van der Waals surface area contributed by atoms with Crippen molar-refractivity contribution < 1.29 is 9.21 Å². The molecule has 0 fully saturated rings. The number of hydrogen-bond donors (Lipinski definition) is 0. The Labute approximate surface area is 160 Å². The van der Waals surface area contributed by atoms with E-state index in [9.17, 15) is 4.79 Å². The summed E-state index contributed by atoms with van der Waals surface area (Å²) in [6, 6.07) is 11.7. The maximum Gasteiger partial charge on any atom is 0.272 e. The summed E-state index contributed by atoms with van der Waals surface area (Å²) in [5.41, 5.74) is 4.40. The molecule has 0 aliphatic rings. The Morgan fingerprint density at radius 3 is 2.44 bits per heavy atom. The Bertz CT molecular complexity index is 904. The van der Waals surface area contributed by atoms with Crippen LogP contribution in [0, 0.1) is 13.8 Å². The number of benzene rings is 1. The van der Waals surface area contributed by atoms with E-state index in [1.165, 1.54) is 5.56 Å². The summed E-state index contributed by atoms with van der Waals surface area (Å²) in [5, 5.41) is 4.71. The zero-order valence-electron chi connectivity index (χ0n) is 16.5. The van der Waals surface area contributed by atoms with Crippen LogP contribution in [0.25, 0.3) is 17.1 Å². The van der Waals surface area contributed by atoms with Crippen molar-refractivity contribution in [3.05, 3.63) is 59.5 Å². The third-order valence-electron chi connectivity index (χ3n) is 4.56. The first-order chi connectivity index (χ1) is 13.0. The van der Waals surface area contributed by atoms with E-state index >= 15 is 0 Å². The average Bonchev–Trinajstić information content (AvgIpc) is 3.30. The number of carbonyl (C=O) groups excluding carboxylic acids is 1. The Morgan fingerprint density at radius 1 is 1.11 bits per heavy atom. The van der Waals surface area contributed by atoms with Crippen molar-refractivity contribution in [2.45, 2.75) is 40.5 Å². The van der Waals surface area contributed by atoms with E-state index in [1.807, 2.05) is 42.2 Å². The highest BCUT2D eigenvalue weighted by Gasteiger charge is 2.23. The van der Waals surface area contributed by atoms with Crippen molar-refractivity contribution in [3.8, 4) is 17.1 Å². The van der Waals surface area contributed by atoms with Crippen molar-refractivity contribution in [1.82, 2.24) is 14.7 Å². The van der Waals surface area contributed by atoms with Crippen LogP contribution in [0.3, 0.4) is 0 Å². The molecule has 2 heterocycles. The first-order valence-electron chi connectivity index (χ1n) is 9.56. The highest BCUT2D eigenvalue weighted by molar-refractivity contribution is 5.94. The Hall–Kier alpha value is -2.82. The molecule has 0 saturated carbocycles. The van der Waals surface area contributed by atoms with E-state index in [0.29, 0.717) is 17.1 Å². The van der Waals surface area contributed by atoms with Crippen LogP contribution in [0.15, 0.2) is 47.1 Å². The second kappa shape index (κ2) is 8.25. The molecule has 0 bridgehead atoms. The van der Waals surface area contributed by atoms with Crippen LogP contribution in [-0.2, 0) is 0 Å². The smallest absolute Gasteiger partial charge is 0.272 e. The van der Waals surface area contributed by atoms with Crippen LogP contribution in [0.4, 0.5) is 0 Å². The molecule has 0 unspecified atom stereocenters. The Morgan fingerprint density at radius 2 is 1.85 bits per heavy atom. The van der Waals surface area contributed by atoms with Gasteiger partial charge >= 0.3 is 0 Å². The van der Waals surface area contributed by atoms with Crippen LogP contribution < -0.4 is 0 Å². The minimum absolute atomic E-state index is 0.00369. The van der Waals surface area contributed by atoms with E-state index < -0.39 is 0 Å². The van der Waals surface area contributed by atoms with Crippen LogP contribution >= 0.6 is 0 Å². The van der Waals surface area contributed by atoms with Gasteiger partial charge in [0.2, 0.25) is 0 Å². The predicted octanol–water partition coefficient (Wildman–Crippen LogP) is 5.01. The fourth-order valence-electron chi connectivity index (χ4n) is 3.32. The molecule has 5 heteroatoms. The van der Waals surface area contributed by atoms with E-state index in [2.05, 4.69) is 26.8 Å². The number of furan rings is 1. The van der Waals surface area contributed by atoms with Gasteiger partial charge in [0.1, 0.15) is 11.4 Å². The summed E-state index contributed by atoms with van der Waals surface area (Å²) in [5.74, 6) is 0.661. The maximum absolute atomic E-state index is 13.3. The fourth-order valence-corrected chi connectivity index (χ4v) is 3.32. The molecule has 0 spiro atoms. The van der Waals surface area contributed by atoms with Crippen LogP contribution in [0.1, 0.15) is 48.3 Å². The van der Waals surface area contributed by atoms with Crippen LogP contribution in [0.2, 0.25) is 0 Å². The predicted molar refractivity (Wildman–Crippen MR) is 107 cm³/mol. The summed E-state index contributed by atoms with van der Waals surface area (Å²) in [6.45, 7) is 9.75. The summed E-state index contributed by atoms with van der Waals surface area (Å²) in [7, 11) is 0. The molecule has 142 valence electrons. The molecule has 1 aromatic carbocycles. The van der Waals surface area contributed by atoms with Crippen LogP contribution in [0.5, 0.6) is 0 Å². The van der Waals surface area contributed by atoms with Gasteiger partial charge in [-0.15, -0.1) is 0 Å². The molecule has 5 nitrogen and oxygen atoms in total. The molecule has 1 amide bonds. The van der Waals surface area contributed by atoms with Gasteiger partial charge in [0.25, 0.3) is 5.91 Å². The lowest BCUT2D eigenvalue weighted by Crippen LogP contribution is -2.34. The number of rotatable bonds is 7. The average molecular weight is 365 g/mol. The van der Waals surface area contributed by atoms with Gasteiger partial charge < -0.3 is 9.32 Å². The molecule has 0 radical (unpaired) electrons. The van der Waals surface area contributed by atoms with Gasteiger partial charge in [-0.25, -0.2) is 4.68 Å². The molecule has 0 N–H and O–H groups in total. The molecular formula is C22H27N3O2. The summed E-state index contributed by atoms with van der Waals surface area (Å²) in [4.78, 5) is 15.2. The SMILES string of the molecule is CCCN(CCC)C(=O)c1cc(-c2ccco2)nn1-c1ccc(C)cc1C. The molecule has 0 saturated heterocycles. The minimum Gasteiger partial charge on any atom is -0.463 e. The van der Waals surface area contributed by atoms with Gasteiger partial charge in [-0.2, -0.15) is 5.10 Å². The number of hydrogen-bond acceptors (Lipinski definition) is 3. The lowest BCUT2D eigenvalue weighted by molar-refractivity contribution is 0.0746. The molecule has 0 atom stereocenters. The highest BCUT2D eigenvalue weighted by atomic mass is 16.3. The molecule has 2 aromatic heterocycles. The molecule has 0 aliphatic carbocycles. The monoisotopic (exact) mass is 365 g/mol. The topological polar surface area (TPSA) is 51.3 Å². The normalized spacial score (nSPS) is 11.0. The summed E-state index contributed by atoms with van der Waals surface area (Å²) >= 11 is 0. The van der Waals surface area contributed by atoms with Crippen molar-refractivity contribution in [1.29, 1.82) is 0 Å². The minimum atomic E-state index is 0.00369. The van der Waals surface area contributed by atoms with E-state index in [4.69, 9.17) is 9.52 Å². The van der Waals surface area contributed by atoms with Crippen molar-refractivity contribution >= 4 is 5.91 Å². The highest BCUT2D eigenvalue weighted by Crippen LogP contribution is 2.25. The van der Waals surface area contributed by atoms with Gasteiger partial charge in [0, 0.05) is 19.2 Å². The van der Waals surface area contributed by atoms with Crippen LogP contribution in [-0.4, -0.2) is 33.7 Å². The first kappa shape index (κ1) is 19.0. The molecule has 3 rings (SSSR count). The fraction of sp³-hybridized carbons (Fsp3) is 0.364. The first-order valence-corrected chi connectivity index (χ1v) is 9.56. The lowest BCUT2D eigenvalue weighted by atomic mass is 10.1. The van der Waals surface area contributed by atoms with Crippen molar-refractivity contribution in [2.75, 3.05) is 13.1 Å². The largest absolute Gasteiger partial charge is 0.463 e. The van der Waals surface area contributed by atoms with E-state index in [1.54, 1.807) is 10.9 Å². The maximum atomic E-state index is 13.3. The molecule has 0 aliphatic heterocycles. The van der Waals surface area contributed by atoms with Gasteiger partial charge in [0.05, 0.1) is 12.0 Å². The van der Waals surface area contributed by atoms with Gasteiger partial charge in [-0.3, -0.25) is 4.79 Å². The zero-order chi connectivity index (χ0) is 19.4. The van der Waals surface area contributed by atoms with E-state index in [-0.39, 0.29) is 5.91 Å². The number of aromatic nitrogens is 2. The molecule has 3 aromatic rings. The Kier molecular flexibility index (Phi) is 5.79. The number of carbonyl (C=O) groups is 1. The van der Waals surface area contributed by atoms with Crippen molar-refractivity contribution in [3.63, 3.8) is 0 Å². The Balaban J connectivity index is 2.12. The summed E-state index contributed by atoms with van der Waals surface area (Å²) < 4.78 is 7.26. The third-order valence-corrected chi connectivity index (χ3v) is 4.56. The second-order valence-corrected chi connectivity index (χ2v) is 6.89. The zero-order valence-corrected chi connectivity index (χ0v) is 16.5. The van der Waals surface area contributed by atoms with Gasteiger partial charge in [-0.05, 0) is 50.5 Å². The quantitative estimate of drug-likeness (QED) is 0.591. The summed E-state index contributed by atoms with van der Waals surface area (Å²) in [6.07, 6.45) is 3.47. The lowest BCUT2D eigenvalue weighted by Gasteiger charge is -2.22. The molecular weight excluding hydrogens is 338 g/mol. The third kappa shape index (κ3) is 3.97. The number of amides is 1. The van der Waals surface area contributed by atoms with E-state index in [0.717, 1.165) is 37.2 Å².